The molecule has 0 atom stereocenters. The van der Waals surface area contributed by atoms with Crippen LogP contribution in [0.3, 0.4) is 0 Å². The fourth-order valence-corrected chi connectivity index (χ4v) is 1.39. The molecule has 0 aromatic carbocycles. The summed E-state index contributed by atoms with van der Waals surface area (Å²) < 4.78 is 2.22. The predicted molar refractivity (Wildman–Crippen MR) is 62.9 cm³/mol. The van der Waals surface area contributed by atoms with Crippen LogP contribution in [0.15, 0.2) is 25.0 Å². The van der Waals surface area contributed by atoms with Crippen molar-refractivity contribution >= 4 is 12.4 Å². The Bertz CT molecular complexity index is 256. The first-order valence-electron chi connectivity index (χ1n) is 4.99. The van der Waals surface area contributed by atoms with Gasteiger partial charge in [0.25, 0.3) is 0 Å². The second-order valence-corrected chi connectivity index (χ2v) is 3.24. The monoisotopic (exact) mass is 214 g/mol. The van der Waals surface area contributed by atoms with Gasteiger partial charge in [0.05, 0.1) is 0 Å². The molecular formula is C11H19ClN2. The van der Waals surface area contributed by atoms with Gasteiger partial charge < -0.3 is 4.57 Å². The second-order valence-electron chi connectivity index (χ2n) is 3.24. The smallest absolute Gasteiger partial charge is 0.112 e. The summed E-state index contributed by atoms with van der Waals surface area (Å²) >= 11 is 0. The zero-order valence-corrected chi connectivity index (χ0v) is 9.59. The highest BCUT2D eigenvalue weighted by molar-refractivity contribution is 5.85. The summed E-state index contributed by atoms with van der Waals surface area (Å²) in [5.74, 6) is 1.13. The number of aromatic nitrogens is 2. The largest absolute Gasteiger partial charge is 0.335 e. The lowest BCUT2D eigenvalue weighted by molar-refractivity contribution is 0.586. The topological polar surface area (TPSA) is 17.8 Å². The fraction of sp³-hybridized carbons (Fsp3) is 0.545. The van der Waals surface area contributed by atoms with Crippen molar-refractivity contribution in [3.63, 3.8) is 0 Å². The summed E-state index contributed by atoms with van der Waals surface area (Å²) in [6, 6.07) is 0. The van der Waals surface area contributed by atoms with Crippen LogP contribution >= 0.6 is 12.4 Å². The van der Waals surface area contributed by atoms with Crippen LogP contribution < -0.4 is 0 Å². The minimum Gasteiger partial charge on any atom is -0.335 e. The van der Waals surface area contributed by atoms with E-state index in [1.807, 2.05) is 12.3 Å². The van der Waals surface area contributed by atoms with Gasteiger partial charge in [-0.2, -0.15) is 0 Å². The first-order chi connectivity index (χ1) is 6.38. The Morgan fingerprint density at radius 3 is 2.93 bits per heavy atom. The molecule has 0 bridgehead atoms. The van der Waals surface area contributed by atoms with Gasteiger partial charge in [-0.25, -0.2) is 4.98 Å². The number of aryl methyl sites for hydroxylation is 1. The lowest BCUT2D eigenvalue weighted by atomic mass is 10.2. The molecule has 80 valence electrons. The Kier molecular flexibility index (Phi) is 7.21. The lowest BCUT2D eigenvalue weighted by Crippen LogP contribution is -2.02. The van der Waals surface area contributed by atoms with Crippen LogP contribution in [0.2, 0.25) is 0 Å². The van der Waals surface area contributed by atoms with Crippen molar-refractivity contribution in [2.75, 3.05) is 0 Å². The van der Waals surface area contributed by atoms with Gasteiger partial charge in [0.2, 0.25) is 0 Å². The average Bonchev–Trinajstić information content (AvgIpc) is 2.54. The van der Waals surface area contributed by atoms with Crippen LogP contribution in [0.1, 0.15) is 32.0 Å². The highest BCUT2D eigenvalue weighted by atomic mass is 35.5. The quantitative estimate of drug-likeness (QED) is 0.525. The van der Waals surface area contributed by atoms with Crippen LogP contribution in [-0.4, -0.2) is 9.55 Å². The van der Waals surface area contributed by atoms with Crippen LogP contribution in [0, 0.1) is 0 Å². The molecule has 0 N–H and O–H groups in total. The maximum atomic E-state index is 4.28. The van der Waals surface area contributed by atoms with Crippen molar-refractivity contribution in [2.45, 2.75) is 39.2 Å². The van der Waals surface area contributed by atoms with Crippen molar-refractivity contribution in [3.05, 3.63) is 30.9 Å². The number of nitrogens with zero attached hydrogens (tertiary/aromatic N) is 2. The summed E-state index contributed by atoms with van der Waals surface area (Å²) in [6.07, 6.45) is 10.5. The van der Waals surface area contributed by atoms with E-state index in [-0.39, 0.29) is 12.4 Å². The molecule has 1 heterocycles. The number of rotatable bonds is 6. The van der Waals surface area contributed by atoms with Crippen LogP contribution in [0.25, 0.3) is 0 Å². The standard InChI is InChI=1S/C11H18N2.ClH/c1-3-5-6-9-13-10-8-12-11(13)7-4-2;/h4,8,10H,2-3,5-7,9H2,1H3;1H. The van der Waals surface area contributed by atoms with E-state index in [9.17, 15) is 0 Å². The van der Waals surface area contributed by atoms with E-state index in [1.54, 1.807) is 0 Å². The molecular weight excluding hydrogens is 196 g/mol. The van der Waals surface area contributed by atoms with E-state index in [0.717, 1.165) is 18.8 Å². The van der Waals surface area contributed by atoms with Crippen molar-refractivity contribution in [1.82, 2.24) is 9.55 Å². The molecule has 0 radical (unpaired) electrons. The van der Waals surface area contributed by atoms with Crippen molar-refractivity contribution in [2.24, 2.45) is 0 Å². The van der Waals surface area contributed by atoms with Crippen LogP contribution in [-0.2, 0) is 13.0 Å². The Hall–Kier alpha value is -0.760. The summed E-state index contributed by atoms with van der Waals surface area (Å²) in [4.78, 5) is 4.28. The highest BCUT2D eigenvalue weighted by Gasteiger charge is 1.98. The third-order valence-corrected chi connectivity index (χ3v) is 2.13. The Morgan fingerprint density at radius 2 is 2.29 bits per heavy atom. The van der Waals surface area contributed by atoms with E-state index >= 15 is 0 Å². The van der Waals surface area contributed by atoms with Crippen LogP contribution in [0.4, 0.5) is 0 Å². The van der Waals surface area contributed by atoms with Crippen LogP contribution in [0.5, 0.6) is 0 Å². The van der Waals surface area contributed by atoms with Crippen molar-refractivity contribution < 1.29 is 0 Å². The van der Waals surface area contributed by atoms with Gasteiger partial charge in [0.15, 0.2) is 0 Å². The Morgan fingerprint density at radius 1 is 1.50 bits per heavy atom. The molecule has 1 aromatic rings. The summed E-state index contributed by atoms with van der Waals surface area (Å²) in [5, 5.41) is 0. The first kappa shape index (κ1) is 13.2. The molecule has 2 nitrogen and oxygen atoms in total. The van der Waals surface area contributed by atoms with Crippen molar-refractivity contribution in [1.29, 1.82) is 0 Å². The molecule has 1 rings (SSSR count). The molecule has 0 fully saturated rings. The summed E-state index contributed by atoms with van der Waals surface area (Å²) in [5.41, 5.74) is 0. The second kappa shape index (κ2) is 7.63. The molecule has 0 saturated heterocycles. The molecule has 0 unspecified atom stereocenters. The predicted octanol–water partition coefficient (Wildman–Crippen LogP) is 3.22. The molecule has 0 saturated carbocycles. The molecule has 1 aromatic heterocycles. The summed E-state index contributed by atoms with van der Waals surface area (Å²) in [6.45, 7) is 7.03. The number of hydrogen-bond acceptors (Lipinski definition) is 1. The number of imidazole rings is 1. The van der Waals surface area contributed by atoms with Gasteiger partial charge in [-0.1, -0.05) is 25.8 Å². The zero-order valence-electron chi connectivity index (χ0n) is 8.78. The fourth-order valence-electron chi connectivity index (χ4n) is 1.39. The van der Waals surface area contributed by atoms with Gasteiger partial charge >= 0.3 is 0 Å². The minimum absolute atomic E-state index is 0. The normalized spacial score (nSPS) is 9.50. The van der Waals surface area contributed by atoms with E-state index in [2.05, 4.69) is 29.3 Å². The third kappa shape index (κ3) is 3.97. The minimum atomic E-state index is 0. The number of unbranched alkanes of at least 4 members (excludes halogenated alkanes) is 2. The number of hydrogen-bond donors (Lipinski definition) is 0. The Balaban J connectivity index is 0.00000169. The first-order valence-corrected chi connectivity index (χ1v) is 4.99. The highest BCUT2D eigenvalue weighted by Crippen LogP contribution is 2.03. The summed E-state index contributed by atoms with van der Waals surface area (Å²) in [7, 11) is 0. The maximum Gasteiger partial charge on any atom is 0.112 e. The van der Waals surface area contributed by atoms with E-state index < -0.39 is 0 Å². The number of halogens is 1. The number of allylic oxidation sites excluding steroid dienone is 1. The molecule has 14 heavy (non-hydrogen) atoms. The van der Waals surface area contributed by atoms with E-state index in [4.69, 9.17) is 0 Å². The van der Waals surface area contributed by atoms with Gasteiger partial charge in [0.1, 0.15) is 5.82 Å². The molecule has 0 amide bonds. The maximum absolute atomic E-state index is 4.28. The Labute approximate surface area is 92.5 Å². The van der Waals surface area contributed by atoms with Crippen molar-refractivity contribution in [3.8, 4) is 0 Å². The van der Waals surface area contributed by atoms with Gasteiger partial charge in [-0.05, 0) is 6.42 Å². The van der Waals surface area contributed by atoms with Gasteiger partial charge in [0, 0.05) is 25.4 Å². The SMILES string of the molecule is C=CCc1nccn1CCCCC.Cl. The lowest BCUT2D eigenvalue weighted by Gasteiger charge is -2.04. The zero-order chi connectivity index (χ0) is 9.52. The third-order valence-electron chi connectivity index (χ3n) is 2.13. The average molecular weight is 215 g/mol. The molecule has 0 aliphatic rings. The van der Waals surface area contributed by atoms with Gasteiger partial charge in [-0.3, -0.25) is 0 Å². The molecule has 0 spiro atoms. The van der Waals surface area contributed by atoms with E-state index in [1.165, 1.54) is 19.3 Å². The molecule has 0 aliphatic carbocycles. The molecule has 3 heteroatoms. The van der Waals surface area contributed by atoms with E-state index in [0.29, 0.717) is 0 Å². The molecule has 0 aliphatic heterocycles. The van der Waals surface area contributed by atoms with Gasteiger partial charge in [-0.15, -0.1) is 19.0 Å².